The summed E-state index contributed by atoms with van der Waals surface area (Å²) in [5.41, 5.74) is 2.66. The van der Waals surface area contributed by atoms with Gasteiger partial charge in [-0.05, 0) is 164 Å². The van der Waals surface area contributed by atoms with Crippen LogP contribution in [0.15, 0.2) is 151 Å². The molecule has 2 amide bonds. The molecule has 6 aromatic carbocycles. The molecule has 0 unspecified atom stereocenters. The summed E-state index contributed by atoms with van der Waals surface area (Å²) in [6.45, 7) is 16.5. The zero-order valence-corrected chi connectivity index (χ0v) is 55.4. The van der Waals surface area contributed by atoms with E-state index in [2.05, 4.69) is 31.7 Å². The van der Waals surface area contributed by atoms with Crippen LogP contribution in [0.4, 0.5) is 39.5 Å². The summed E-state index contributed by atoms with van der Waals surface area (Å²) in [5.74, 6) is -0.0271. The first-order valence-electron chi connectivity index (χ1n) is 31.6. The normalized spacial score (nSPS) is 23.9. The molecule has 3 aliphatic rings. The van der Waals surface area contributed by atoms with Crippen molar-refractivity contribution in [3.63, 3.8) is 0 Å². The van der Waals surface area contributed by atoms with Crippen LogP contribution in [0.2, 0.25) is 0 Å². The number of ether oxygens (including phenoxy) is 3. The quantitative estimate of drug-likeness (QED) is 0.0420. The van der Waals surface area contributed by atoms with Gasteiger partial charge in [0.25, 0.3) is 0 Å². The zero-order valence-electron chi connectivity index (χ0n) is 55.4. The number of piperidine rings is 3. The van der Waals surface area contributed by atoms with Crippen LogP contribution in [-0.4, -0.2) is 78.2 Å². The Hall–Kier alpha value is -7.14. The van der Waals surface area contributed by atoms with Gasteiger partial charge in [0.15, 0.2) is 0 Å². The molecular weight excluding hydrogens is 1230 g/mol. The molecule has 3 heterocycles. The number of carbonyl (C=O) groups is 2. The second-order valence-electron chi connectivity index (χ2n) is 25.8. The Bertz CT molecular complexity index is 3310. The summed E-state index contributed by atoms with van der Waals surface area (Å²) >= 11 is 0. The predicted molar refractivity (Wildman–Crippen MR) is 347 cm³/mol. The summed E-state index contributed by atoms with van der Waals surface area (Å²) in [6, 6.07) is 41.8. The lowest BCUT2D eigenvalue weighted by molar-refractivity contribution is -0.138. The number of aryl methyl sites for hydroxylation is 3. The van der Waals surface area contributed by atoms with Crippen LogP contribution < -0.4 is 26.6 Å². The van der Waals surface area contributed by atoms with Gasteiger partial charge in [-0.3, -0.25) is 14.9 Å². The number of hydrogen-bond acceptors (Lipinski definition) is 10. The highest BCUT2D eigenvalue weighted by Crippen LogP contribution is 2.43. The van der Waals surface area contributed by atoms with Crippen molar-refractivity contribution in [3.05, 3.63) is 212 Å². The molecule has 3 saturated heterocycles. The number of amides is 2. The van der Waals surface area contributed by atoms with E-state index in [1.807, 2.05) is 105 Å². The third-order valence-electron chi connectivity index (χ3n) is 18.5. The van der Waals surface area contributed by atoms with Crippen LogP contribution in [0, 0.1) is 31.6 Å². The number of benzene rings is 6. The number of alkyl halides is 9. The van der Waals surface area contributed by atoms with Crippen molar-refractivity contribution in [2.75, 3.05) is 60.7 Å². The predicted octanol–water partition coefficient (Wildman–Crippen LogP) is 15.6. The Labute approximate surface area is 546 Å². The number of nitrogens with zero attached hydrogens (tertiary/aromatic N) is 1. The van der Waals surface area contributed by atoms with Crippen molar-refractivity contribution < 1.29 is 68.2 Å². The highest BCUT2D eigenvalue weighted by molar-refractivity contribution is 5.87. The molecule has 5 N–H and O–H groups in total. The molecule has 8 atom stereocenters. The van der Waals surface area contributed by atoms with Gasteiger partial charge in [0.05, 0.1) is 88.0 Å². The molecule has 9 rings (SSSR count). The van der Waals surface area contributed by atoms with E-state index in [9.17, 15) is 49.1 Å². The third kappa shape index (κ3) is 18.9. The Morgan fingerprint density at radius 2 is 0.787 bits per heavy atom. The van der Waals surface area contributed by atoms with Crippen molar-refractivity contribution in [1.29, 1.82) is 0 Å². The fourth-order valence-corrected chi connectivity index (χ4v) is 12.4. The molecule has 0 spiro atoms. The van der Waals surface area contributed by atoms with E-state index in [1.54, 1.807) is 73.8 Å². The van der Waals surface area contributed by atoms with E-state index in [0.717, 1.165) is 65.6 Å². The first kappa shape index (κ1) is 74.3. The smallest absolute Gasteiger partial charge is 0.399 e. The third-order valence-corrected chi connectivity index (χ3v) is 18.5. The van der Waals surface area contributed by atoms with Crippen molar-refractivity contribution in [1.82, 2.24) is 26.6 Å². The second-order valence-corrected chi connectivity index (χ2v) is 25.8. The lowest BCUT2D eigenvalue weighted by atomic mass is 9.72. The van der Waals surface area contributed by atoms with Gasteiger partial charge in [-0.15, -0.1) is 0 Å². The molecule has 0 radical (unpaired) electrons. The number of nitrogens with one attached hydrogen (secondary N) is 5. The van der Waals surface area contributed by atoms with Crippen LogP contribution in [0.3, 0.4) is 0 Å². The average Bonchev–Trinajstić information content (AvgIpc) is 0.791. The van der Waals surface area contributed by atoms with Gasteiger partial charge < -0.3 is 40.3 Å². The average molecular weight is 1320 g/mol. The van der Waals surface area contributed by atoms with Crippen molar-refractivity contribution in [2.24, 2.45) is 16.0 Å². The molecule has 510 valence electrons. The summed E-state index contributed by atoms with van der Waals surface area (Å²) in [6.07, 6.45) is -10.6. The largest absolute Gasteiger partial charge is 0.416 e. The zero-order chi connectivity index (χ0) is 68.9. The Balaban J connectivity index is 0.000000200. The van der Waals surface area contributed by atoms with Gasteiger partial charge in [-0.2, -0.15) is 39.5 Å². The summed E-state index contributed by atoms with van der Waals surface area (Å²) in [4.78, 5) is 29.6. The minimum absolute atomic E-state index is 0.0135. The summed E-state index contributed by atoms with van der Waals surface area (Å²) < 4.78 is 138. The fraction of sp³-hybridized carbons (Fsp3) is 0.466. The maximum atomic E-state index is 13.3. The van der Waals surface area contributed by atoms with E-state index in [4.69, 9.17) is 19.0 Å². The fourth-order valence-electron chi connectivity index (χ4n) is 12.4. The number of hydrogen-bond donors (Lipinski definition) is 5. The molecule has 6 aromatic rings. The van der Waals surface area contributed by atoms with E-state index in [-0.39, 0.29) is 25.0 Å². The Morgan fingerprint density at radius 3 is 1.03 bits per heavy atom. The Kier molecular flexibility index (Phi) is 24.6. The first-order chi connectivity index (χ1) is 44.2. The highest BCUT2D eigenvalue weighted by atomic mass is 19.4. The minimum atomic E-state index is -4.40. The molecule has 3 aliphatic heterocycles. The maximum absolute atomic E-state index is 13.3. The summed E-state index contributed by atoms with van der Waals surface area (Å²) in [5, 5.41) is 20.1. The topological polar surface area (TPSA) is 144 Å². The number of rotatable bonds is 18. The van der Waals surface area contributed by atoms with Gasteiger partial charge in [-0.25, -0.2) is 0 Å². The monoisotopic (exact) mass is 1320 g/mol. The Morgan fingerprint density at radius 1 is 0.479 bits per heavy atom. The molecular formula is C73H89F9N6O6. The number of halogens is 9. The molecule has 3 fully saturated rings. The maximum Gasteiger partial charge on any atom is 0.416 e. The van der Waals surface area contributed by atoms with Gasteiger partial charge in [0.1, 0.15) is 7.11 Å². The lowest BCUT2D eigenvalue weighted by Gasteiger charge is -2.45. The minimum Gasteiger partial charge on any atom is -0.399 e. The van der Waals surface area contributed by atoms with E-state index in [1.165, 1.54) is 13.2 Å². The van der Waals surface area contributed by atoms with Gasteiger partial charge >= 0.3 is 18.5 Å². The van der Waals surface area contributed by atoms with Crippen LogP contribution >= 0.6 is 0 Å². The molecule has 0 aliphatic carbocycles. The van der Waals surface area contributed by atoms with Gasteiger partial charge in [0, 0.05) is 33.7 Å². The molecule has 0 saturated carbocycles. The van der Waals surface area contributed by atoms with Crippen molar-refractivity contribution >= 4 is 17.5 Å². The number of carbonyl (C=O) groups excluding carboxylic acids is 2. The molecule has 94 heavy (non-hydrogen) atoms. The van der Waals surface area contributed by atoms with Gasteiger partial charge in [0.2, 0.25) is 11.8 Å². The number of oxime groups is 1. The van der Waals surface area contributed by atoms with E-state index >= 15 is 0 Å². The van der Waals surface area contributed by atoms with E-state index in [0.29, 0.717) is 85.3 Å². The van der Waals surface area contributed by atoms with Crippen LogP contribution in [0.25, 0.3) is 0 Å². The molecule has 0 bridgehead atoms. The summed E-state index contributed by atoms with van der Waals surface area (Å²) in [7, 11) is 4.79. The van der Waals surface area contributed by atoms with Crippen LogP contribution in [-0.2, 0) is 63.8 Å². The van der Waals surface area contributed by atoms with Crippen molar-refractivity contribution in [2.45, 2.75) is 147 Å². The standard InChI is InChI=1S/2C25H31F3N2O2.C23H27F3N2O2/c2*1-17-12-19(14-21(13-17)25(26,27)28)18(2)32-16-24(20-8-6-5-7-9-20)11-10-23(3,15-30-24)22(31)29-4;1-16-11-18(13-20(12-16)23(24,25)26)17(2)30-15-22(19-7-5-4-6-8-19)10-9-21(14-27-22)28-29-3/h2*5-9,12-14,18,30H,10-11,15-16H2,1-4H3,(H,29,31);4-8,11-13,17,27H,9-10,14-15H2,1-3H3/t18-,23+,24-;18-,23-,24-;17-,22-/m111/s1. The molecule has 21 heteroatoms. The lowest BCUT2D eigenvalue weighted by Crippen LogP contribution is -2.58. The van der Waals surface area contributed by atoms with Gasteiger partial charge in [-0.1, -0.05) is 131 Å². The van der Waals surface area contributed by atoms with Crippen LogP contribution in [0.1, 0.15) is 158 Å². The van der Waals surface area contributed by atoms with E-state index < -0.39 is 81.0 Å². The van der Waals surface area contributed by atoms with Crippen LogP contribution in [0.5, 0.6) is 0 Å². The highest BCUT2D eigenvalue weighted by Gasteiger charge is 2.47. The molecule has 12 nitrogen and oxygen atoms in total. The van der Waals surface area contributed by atoms with Crippen molar-refractivity contribution in [3.8, 4) is 0 Å². The molecule has 0 aromatic heterocycles. The first-order valence-corrected chi connectivity index (χ1v) is 31.6. The SMILES string of the molecule is CNC(=O)[C@@]1(C)CC[C@@](CO[C@H](C)c2cc(C)cc(C(F)(F)F)c2)(c2ccccc2)NC1.CNC(=O)[C@]1(C)CC[C@@](CO[C@H](C)c2cc(C)cc(C(F)(F)F)c2)(c2ccccc2)NC1.CON=C1CC[C@@](CO[C@H](C)c2cc(C)cc(C(F)(F)F)c2)(c2ccccc2)NC1. The second kappa shape index (κ2) is 31.2.